The summed E-state index contributed by atoms with van der Waals surface area (Å²) in [5.74, 6) is -2.60. The Kier molecular flexibility index (Phi) is 15.3. The predicted octanol–water partition coefficient (Wildman–Crippen LogP) is 1.56. The molecule has 0 saturated carbocycles. The Morgan fingerprint density at radius 3 is 2.14 bits per heavy atom. The van der Waals surface area contributed by atoms with Gasteiger partial charge in [0.25, 0.3) is 0 Å². The highest BCUT2D eigenvalue weighted by Crippen LogP contribution is 2.40. The number of nitrogens with one attached hydrogen (secondary N) is 1. The van der Waals surface area contributed by atoms with E-state index in [-0.39, 0.29) is 37.3 Å². The molecule has 0 aliphatic carbocycles. The first-order valence-electron chi connectivity index (χ1n) is 18.8. The Bertz CT molecular complexity index is 1110. The minimum Gasteiger partial charge on any atom is -0.459 e. The number of likely N-dealkylation sites (N-methyl/N-ethyl adjacent to an activating group) is 1. The lowest BCUT2D eigenvalue weighted by atomic mass is 9.77. The molecule has 0 bridgehead atoms. The molecule has 0 aromatic rings. The third kappa shape index (κ3) is 10.2. The Labute approximate surface area is 305 Å². The molecule has 0 aromatic carbocycles. The quantitative estimate of drug-likeness (QED) is 0.207. The molecule has 18 atom stereocenters. The van der Waals surface area contributed by atoms with Crippen molar-refractivity contribution in [2.24, 2.45) is 17.8 Å². The Morgan fingerprint density at radius 2 is 1.57 bits per heavy atom. The normalized spacial score (nSPS) is 49.9. The van der Waals surface area contributed by atoms with Gasteiger partial charge in [-0.25, -0.2) is 0 Å². The van der Waals surface area contributed by atoms with E-state index in [4.69, 9.17) is 28.4 Å². The van der Waals surface area contributed by atoms with E-state index in [1.807, 2.05) is 39.8 Å². The van der Waals surface area contributed by atoms with Crippen LogP contribution in [0.4, 0.5) is 0 Å². The Balaban J connectivity index is 2.15. The van der Waals surface area contributed by atoms with Gasteiger partial charge in [0, 0.05) is 31.5 Å². The standard InChI is InChI=1S/C37H70N2O12/c1-14-26-37(10,45)30(41)23(6)38-18-19(2)16-35(8,44)32(51-34-28(40)25(39(11)12)15-20(3)47-34)21(4)29(22(5)33(43)49-26)50-27-17-36(9,46-13)31(42)24(7)48-27/h19-32,34,38,40-42,44-45H,14-18H2,1-13H3/t19-,20-,21+,22-,23-,24+,25+,26-,27-,28-,29+,30-,31-,32-,34-,35-,36+,37-/m1/s1. The van der Waals surface area contributed by atoms with Crippen LogP contribution in [-0.4, -0.2) is 154 Å². The van der Waals surface area contributed by atoms with E-state index >= 15 is 0 Å². The molecule has 0 radical (unpaired) electrons. The maximum Gasteiger partial charge on any atom is 0.311 e. The molecular formula is C37H70N2O12. The number of nitrogens with zero attached hydrogens (tertiary/aromatic N) is 1. The maximum absolute atomic E-state index is 14.1. The fraction of sp³-hybridized carbons (Fsp3) is 0.973. The van der Waals surface area contributed by atoms with Crippen LogP contribution in [0, 0.1) is 17.8 Å². The highest BCUT2D eigenvalue weighted by atomic mass is 16.7. The molecule has 14 heteroatoms. The van der Waals surface area contributed by atoms with Gasteiger partial charge in [-0.15, -0.1) is 0 Å². The zero-order valence-corrected chi connectivity index (χ0v) is 33.2. The van der Waals surface area contributed by atoms with Gasteiger partial charge in [-0.05, 0) is 94.3 Å². The highest BCUT2D eigenvalue weighted by Gasteiger charge is 2.52. The number of carbonyl (C=O) groups is 1. The summed E-state index contributed by atoms with van der Waals surface area (Å²) in [5, 5.41) is 60.9. The molecule has 3 fully saturated rings. The first-order valence-corrected chi connectivity index (χ1v) is 18.8. The lowest BCUT2D eigenvalue weighted by Gasteiger charge is -2.48. The average molecular weight is 735 g/mol. The fourth-order valence-electron chi connectivity index (χ4n) is 8.36. The number of rotatable bonds is 7. The van der Waals surface area contributed by atoms with Gasteiger partial charge >= 0.3 is 5.97 Å². The fourth-order valence-corrected chi connectivity index (χ4v) is 8.36. The number of aliphatic hydroxyl groups is 5. The van der Waals surface area contributed by atoms with Crippen molar-refractivity contribution < 1.29 is 58.7 Å². The van der Waals surface area contributed by atoms with Crippen molar-refractivity contribution in [1.82, 2.24) is 10.2 Å². The van der Waals surface area contributed by atoms with E-state index in [1.165, 1.54) is 14.0 Å². The van der Waals surface area contributed by atoms with E-state index in [0.717, 1.165) is 0 Å². The van der Waals surface area contributed by atoms with Crippen molar-refractivity contribution in [2.75, 3.05) is 27.7 Å². The van der Waals surface area contributed by atoms with Crippen LogP contribution in [0.15, 0.2) is 0 Å². The average Bonchev–Trinajstić information content (AvgIpc) is 3.05. The van der Waals surface area contributed by atoms with E-state index in [2.05, 4.69) is 5.32 Å². The molecule has 0 aromatic heterocycles. The van der Waals surface area contributed by atoms with Gasteiger partial charge in [-0.2, -0.15) is 0 Å². The van der Waals surface area contributed by atoms with Crippen molar-refractivity contribution in [1.29, 1.82) is 0 Å². The smallest absolute Gasteiger partial charge is 0.311 e. The van der Waals surface area contributed by atoms with Gasteiger partial charge < -0.3 is 64.2 Å². The highest BCUT2D eigenvalue weighted by molar-refractivity contribution is 5.73. The van der Waals surface area contributed by atoms with Crippen LogP contribution in [0.5, 0.6) is 0 Å². The van der Waals surface area contributed by atoms with Crippen molar-refractivity contribution in [3.05, 3.63) is 0 Å². The molecule has 3 saturated heterocycles. The monoisotopic (exact) mass is 734 g/mol. The molecule has 6 N–H and O–H groups in total. The van der Waals surface area contributed by atoms with E-state index < -0.39 is 96.0 Å². The molecule has 3 aliphatic heterocycles. The van der Waals surface area contributed by atoms with Gasteiger partial charge in [0.15, 0.2) is 12.6 Å². The van der Waals surface area contributed by atoms with Crippen molar-refractivity contribution >= 4 is 5.97 Å². The minimum atomic E-state index is -1.80. The molecule has 51 heavy (non-hydrogen) atoms. The van der Waals surface area contributed by atoms with Crippen LogP contribution in [-0.2, 0) is 33.2 Å². The summed E-state index contributed by atoms with van der Waals surface area (Å²) in [5.41, 5.74) is -4.37. The van der Waals surface area contributed by atoms with Crippen molar-refractivity contribution in [2.45, 2.75) is 185 Å². The van der Waals surface area contributed by atoms with E-state index in [9.17, 15) is 30.3 Å². The minimum absolute atomic E-state index is 0.132. The Morgan fingerprint density at radius 1 is 0.941 bits per heavy atom. The second-order valence-corrected chi connectivity index (χ2v) is 16.7. The van der Waals surface area contributed by atoms with Crippen molar-refractivity contribution in [3.63, 3.8) is 0 Å². The summed E-state index contributed by atoms with van der Waals surface area (Å²) >= 11 is 0. The van der Waals surface area contributed by atoms with Crippen molar-refractivity contribution in [3.8, 4) is 0 Å². The summed E-state index contributed by atoms with van der Waals surface area (Å²) in [7, 11) is 5.27. The maximum atomic E-state index is 14.1. The van der Waals surface area contributed by atoms with Crippen LogP contribution in [0.25, 0.3) is 0 Å². The van der Waals surface area contributed by atoms with Crippen LogP contribution in [0.1, 0.15) is 94.9 Å². The lowest BCUT2D eigenvalue weighted by molar-refractivity contribution is -0.318. The molecule has 3 rings (SSSR count). The summed E-state index contributed by atoms with van der Waals surface area (Å²) in [6.07, 6.45) is -8.22. The molecule has 14 nitrogen and oxygen atoms in total. The van der Waals surface area contributed by atoms with Gasteiger partial charge in [-0.1, -0.05) is 20.8 Å². The number of ether oxygens (including phenoxy) is 6. The summed E-state index contributed by atoms with van der Waals surface area (Å²) in [6.45, 7) is 17.8. The first kappa shape index (κ1) is 44.4. The number of hydrogen-bond donors (Lipinski definition) is 6. The van der Waals surface area contributed by atoms with Crippen LogP contribution >= 0.6 is 0 Å². The SMILES string of the molecule is CC[C@H]1OC(=O)[C@H](C)[C@@H](O[C@@H]2C[C@](C)(OC)[C@H](O)[C@H](C)O2)[C@H](C)[C@@H](O[C@H]2O[C@H](C)C[C@H](N(C)C)[C@H]2O)[C@](C)(O)C[C@@H](C)CN[C@H](C)[C@@H](O)[C@]1(C)O. The summed E-state index contributed by atoms with van der Waals surface area (Å²) in [4.78, 5) is 16.1. The molecule has 0 spiro atoms. The molecule has 3 aliphatic rings. The van der Waals surface area contributed by atoms with Crippen LogP contribution < -0.4 is 5.32 Å². The number of methoxy groups -OCH3 is 1. The van der Waals surface area contributed by atoms with E-state index in [1.54, 1.807) is 41.5 Å². The summed E-state index contributed by atoms with van der Waals surface area (Å²) in [6, 6.07) is -0.858. The number of carbonyl (C=O) groups excluding carboxylic acids is 1. The van der Waals surface area contributed by atoms with E-state index in [0.29, 0.717) is 13.0 Å². The topological polar surface area (TPSA) is 189 Å². The zero-order chi connectivity index (χ0) is 38.8. The van der Waals surface area contributed by atoms with Gasteiger partial charge in [0.1, 0.15) is 30.0 Å². The molecule has 300 valence electrons. The summed E-state index contributed by atoms with van der Waals surface area (Å²) < 4.78 is 37.4. The van der Waals surface area contributed by atoms with Gasteiger partial charge in [0.05, 0.1) is 41.5 Å². The lowest BCUT2D eigenvalue weighted by Crippen LogP contribution is -2.60. The predicted molar refractivity (Wildman–Crippen MR) is 190 cm³/mol. The third-order valence-corrected chi connectivity index (χ3v) is 11.7. The Hall–Kier alpha value is -1.01. The number of hydrogen-bond acceptors (Lipinski definition) is 14. The second-order valence-electron chi connectivity index (χ2n) is 16.7. The second kappa shape index (κ2) is 17.6. The zero-order valence-electron chi connectivity index (χ0n) is 33.2. The van der Waals surface area contributed by atoms with Crippen LogP contribution in [0.2, 0.25) is 0 Å². The van der Waals surface area contributed by atoms with Gasteiger partial charge in [-0.3, -0.25) is 4.79 Å². The van der Waals surface area contributed by atoms with Gasteiger partial charge in [0.2, 0.25) is 0 Å². The molecule has 0 amide bonds. The van der Waals surface area contributed by atoms with Crippen LogP contribution in [0.3, 0.4) is 0 Å². The third-order valence-electron chi connectivity index (χ3n) is 11.7. The molecule has 0 unspecified atom stereocenters. The molecular weight excluding hydrogens is 664 g/mol. The first-order chi connectivity index (χ1) is 23.5. The largest absolute Gasteiger partial charge is 0.459 e. The molecule has 3 heterocycles. The number of esters is 1. The number of cyclic esters (lactones) is 1. The number of aliphatic hydroxyl groups excluding tert-OH is 3.